The molecular formula is C11H16N4O. The number of aryl methyl sites for hydroxylation is 2. The lowest BCUT2D eigenvalue weighted by molar-refractivity contribution is 0.480. The van der Waals surface area contributed by atoms with E-state index in [0.29, 0.717) is 0 Å². The molecule has 0 spiro atoms. The Morgan fingerprint density at radius 3 is 3.00 bits per heavy atom. The SMILES string of the molecule is Cc1ccoc1CNCCc1nncn1C. The van der Waals surface area contributed by atoms with Gasteiger partial charge in [-0.25, -0.2) is 0 Å². The summed E-state index contributed by atoms with van der Waals surface area (Å²) in [5.41, 5.74) is 1.19. The number of hydrogen-bond acceptors (Lipinski definition) is 4. The lowest BCUT2D eigenvalue weighted by Gasteiger charge is -2.03. The van der Waals surface area contributed by atoms with Crippen LogP contribution in [0.4, 0.5) is 0 Å². The average Bonchev–Trinajstić information content (AvgIpc) is 2.84. The van der Waals surface area contributed by atoms with Gasteiger partial charge in [-0.15, -0.1) is 10.2 Å². The molecule has 2 rings (SSSR count). The van der Waals surface area contributed by atoms with Crippen molar-refractivity contribution in [3.05, 3.63) is 35.8 Å². The largest absolute Gasteiger partial charge is 0.468 e. The highest BCUT2D eigenvalue weighted by Crippen LogP contribution is 2.07. The Bertz CT molecular complexity index is 404. The third-order valence-electron chi connectivity index (χ3n) is 2.58. The van der Waals surface area contributed by atoms with Crippen molar-refractivity contribution in [1.29, 1.82) is 0 Å². The molecule has 2 heterocycles. The van der Waals surface area contributed by atoms with Crippen LogP contribution < -0.4 is 5.32 Å². The molecule has 0 aliphatic carbocycles. The van der Waals surface area contributed by atoms with Gasteiger partial charge >= 0.3 is 0 Å². The maximum absolute atomic E-state index is 5.33. The molecule has 16 heavy (non-hydrogen) atoms. The third-order valence-corrected chi connectivity index (χ3v) is 2.58. The first-order valence-corrected chi connectivity index (χ1v) is 5.34. The summed E-state index contributed by atoms with van der Waals surface area (Å²) in [5, 5.41) is 11.2. The molecule has 0 saturated carbocycles. The summed E-state index contributed by atoms with van der Waals surface area (Å²) in [6.07, 6.45) is 4.30. The average molecular weight is 220 g/mol. The second-order valence-corrected chi connectivity index (χ2v) is 3.81. The first kappa shape index (κ1) is 10.9. The van der Waals surface area contributed by atoms with Crippen LogP contribution in [0.25, 0.3) is 0 Å². The molecule has 0 unspecified atom stereocenters. The van der Waals surface area contributed by atoms with Crippen molar-refractivity contribution in [3.63, 3.8) is 0 Å². The third kappa shape index (κ3) is 2.49. The van der Waals surface area contributed by atoms with Crippen molar-refractivity contribution in [3.8, 4) is 0 Å². The van der Waals surface area contributed by atoms with Gasteiger partial charge in [0.15, 0.2) is 0 Å². The van der Waals surface area contributed by atoms with Gasteiger partial charge in [-0.2, -0.15) is 0 Å². The minimum absolute atomic E-state index is 0.761. The maximum atomic E-state index is 5.33. The van der Waals surface area contributed by atoms with Gasteiger partial charge in [0.05, 0.1) is 12.8 Å². The van der Waals surface area contributed by atoms with E-state index in [9.17, 15) is 0 Å². The smallest absolute Gasteiger partial charge is 0.133 e. The summed E-state index contributed by atoms with van der Waals surface area (Å²) in [7, 11) is 1.95. The quantitative estimate of drug-likeness (QED) is 0.765. The summed E-state index contributed by atoms with van der Waals surface area (Å²) in [6.45, 7) is 3.67. The van der Waals surface area contributed by atoms with E-state index in [1.54, 1.807) is 12.6 Å². The molecule has 5 nitrogen and oxygen atoms in total. The second kappa shape index (κ2) is 4.94. The molecule has 86 valence electrons. The Labute approximate surface area is 94.5 Å². The lowest BCUT2D eigenvalue weighted by Crippen LogP contribution is -2.18. The summed E-state index contributed by atoms with van der Waals surface area (Å²) >= 11 is 0. The number of nitrogens with one attached hydrogen (secondary N) is 1. The maximum Gasteiger partial charge on any atom is 0.133 e. The normalized spacial score (nSPS) is 10.9. The van der Waals surface area contributed by atoms with E-state index in [4.69, 9.17) is 4.42 Å². The molecule has 2 aromatic rings. The van der Waals surface area contributed by atoms with Gasteiger partial charge in [0.2, 0.25) is 0 Å². The van der Waals surface area contributed by atoms with Crippen LogP contribution in [0.5, 0.6) is 0 Å². The topological polar surface area (TPSA) is 55.9 Å². The predicted octanol–water partition coefficient (Wildman–Crippen LogP) is 1.05. The van der Waals surface area contributed by atoms with Gasteiger partial charge in [-0.1, -0.05) is 0 Å². The summed E-state index contributed by atoms with van der Waals surface area (Å²) in [4.78, 5) is 0. The fraction of sp³-hybridized carbons (Fsp3) is 0.455. The highest BCUT2D eigenvalue weighted by atomic mass is 16.3. The van der Waals surface area contributed by atoms with Crippen molar-refractivity contribution in [2.45, 2.75) is 19.9 Å². The summed E-state index contributed by atoms with van der Waals surface area (Å²) < 4.78 is 7.26. The number of hydrogen-bond donors (Lipinski definition) is 1. The molecule has 0 fully saturated rings. The Hall–Kier alpha value is -1.62. The monoisotopic (exact) mass is 220 g/mol. The van der Waals surface area contributed by atoms with E-state index < -0.39 is 0 Å². The van der Waals surface area contributed by atoms with Gasteiger partial charge in [0, 0.05) is 20.0 Å². The number of aromatic nitrogens is 3. The number of nitrogens with zero attached hydrogens (tertiary/aromatic N) is 3. The van der Waals surface area contributed by atoms with E-state index in [1.807, 2.05) is 24.6 Å². The summed E-state index contributed by atoms with van der Waals surface area (Å²) in [6, 6.07) is 1.97. The Morgan fingerprint density at radius 1 is 1.50 bits per heavy atom. The van der Waals surface area contributed by atoms with Crippen LogP contribution in [-0.4, -0.2) is 21.3 Å². The van der Waals surface area contributed by atoms with Crippen LogP contribution in [0, 0.1) is 6.92 Å². The molecule has 0 atom stereocenters. The second-order valence-electron chi connectivity index (χ2n) is 3.81. The van der Waals surface area contributed by atoms with Gasteiger partial charge < -0.3 is 14.3 Å². The Morgan fingerprint density at radius 2 is 2.38 bits per heavy atom. The van der Waals surface area contributed by atoms with Gasteiger partial charge in [0.1, 0.15) is 17.9 Å². The lowest BCUT2D eigenvalue weighted by atomic mass is 10.3. The van der Waals surface area contributed by atoms with Crippen LogP contribution in [0.15, 0.2) is 23.1 Å². The molecule has 0 aromatic carbocycles. The number of rotatable bonds is 5. The molecule has 0 aliphatic heterocycles. The Balaban J connectivity index is 1.74. The van der Waals surface area contributed by atoms with E-state index in [-0.39, 0.29) is 0 Å². The first-order chi connectivity index (χ1) is 7.77. The van der Waals surface area contributed by atoms with Crippen molar-refractivity contribution in [2.75, 3.05) is 6.54 Å². The minimum Gasteiger partial charge on any atom is -0.468 e. The Kier molecular flexibility index (Phi) is 3.36. The molecule has 2 aromatic heterocycles. The zero-order valence-corrected chi connectivity index (χ0v) is 9.60. The highest BCUT2D eigenvalue weighted by Gasteiger charge is 2.02. The van der Waals surface area contributed by atoms with Crippen LogP contribution >= 0.6 is 0 Å². The van der Waals surface area contributed by atoms with E-state index >= 15 is 0 Å². The molecule has 1 N–H and O–H groups in total. The van der Waals surface area contributed by atoms with Crippen molar-refractivity contribution >= 4 is 0 Å². The molecule has 0 radical (unpaired) electrons. The standard InChI is InChI=1S/C11H16N4O/c1-9-4-6-16-10(9)7-12-5-3-11-14-13-8-15(11)2/h4,6,8,12H,3,5,7H2,1-2H3. The van der Waals surface area contributed by atoms with Gasteiger partial charge in [-0.05, 0) is 18.6 Å². The number of furan rings is 1. The van der Waals surface area contributed by atoms with E-state index in [2.05, 4.69) is 15.5 Å². The van der Waals surface area contributed by atoms with Gasteiger partial charge in [0.25, 0.3) is 0 Å². The predicted molar refractivity (Wildman–Crippen MR) is 59.9 cm³/mol. The van der Waals surface area contributed by atoms with Crippen molar-refractivity contribution < 1.29 is 4.42 Å². The summed E-state index contributed by atoms with van der Waals surface area (Å²) in [5.74, 6) is 1.99. The minimum atomic E-state index is 0.761. The highest BCUT2D eigenvalue weighted by molar-refractivity contribution is 5.14. The molecule has 5 heteroatoms. The van der Waals surface area contributed by atoms with Crippen LogP contribution in [0.2, 0.25) is 0 Å². The van der Waals surface area contributed by atoms with Crippen LogP contribution in [0.1, 0.15) is 17.1 Å². The zero-order valence-electron chi connectivity index (χ0n) is 9.60. The molecular weight excluding hydrogens is 204 g/mol. The zero-order chi connectivity index (χ0) is 11.4. The molecule has 0 bridgehead atoms. The van der Waals surface area contributed by atoms with Crippen LogP contribution in [-0.2, 0) is 20.0 Å². The molecule has 0 saturated heterocycles. The van der Waals surface area contributed by atoms with Gasteiger partial charge in [-0.3, -0.25) is 0 Å². The molecule has 0 amide bonds. The fourth-order valence-corrected chi connectivity index (χ4v) is 1.52. The van der Waals surface area contributed by atoms with Crippen molar-refractivity contribution in [1.82, 2.24) is 20.1 Å². The first-order valence-electron chi connectivity index (χ1n) is 5.34. The van der Waals surface area contributed by atoms with E-state index in [1.165, 1.54) is 5.56 Å². The van der Waals surface area contributed by atoms with Crippen LogP contribution in [0.3, 0.4) is 0 Å². The van der Waals surface area contributed by atoms with Crippen molar-refractivity contribution in [2.24, 2.45) is 7.05 Å². The fourth-order valence-electron chi connectivity index (χ4n) is 1.52. The van der Waals surface area contributed by atoms with E-state index in [0.717, 1.165) is 31.1 Å². The molecule has 0 aliphatic rings.